The van der Waals surface area contributed by atoms with E-state index in [0.29, 0.717) is 17.6 Å². The topological polar surface area (TPSA) is 48.5 Å². The van der Waals surface area contributed by atoms with Crippen LogP contribution < -0.4 is 0 Å². The highest BCUT2D eigenvalue weighted by Gasteiger charge is 2.25. The second kappa shape index (κ2) is 14.7. The third-order valence-corrected chi connectivity index (χ3v) is 12.0. The van der Waals surface area contributed by atoms with Crippen molar-refractivity contribution in [1.82, 2.24) is 24.1 Å². The minimum absolute atomic E-state index is 0.554. The Morgan fingerprint density at radius 1 is 0.290 bits per heavy atom. The fourth-order valence-electron chi connectivity index (χ4n) is 9.15. The quantitative estimate of drug-likeness (QED) is 0.162. The number of hydrogen-bond acceptors (Lipinski definition) is 3. The van der Waals surface area contributed by atoms with Crippen molar-refractivity contribution in [2.75, 3.05) is 0 Å². The van der Waals surface area contributed by atoms with E-state index in [2.05, 4.69) is 221 Å². The van der Waals surface area contributed by atoms with Crippen molar-refractivity contribution in [1.29, 1.82) is 0 Å². The maximum absolute atomic E-state index is 5.40. The van der Waals surface area contributed by atoms with Crippen LogP contribution in [0, 0.1) is 0 Å². The molecule has 0 aliphatic carbocycles. The predicted octanol–water partition coefficient (Wildman–Crippen LogP) is 14.4. The summed E-state index contributed by atoms with van der Waals surface area (Å²) in [5.41, 5.74) is 14.1. The Hall–Kier alpha value is -8.41. The van der Waals surface area contributed by atoms with Crippen LogP contribution in [-0.4, -0.2) is 24.1 Å². The first kappa shape index (κ1) is 35.5. The standard InChI is InChI=1S/C57H37N5/c1-5-18-38(19-6-1)40-32-34-42(35-33-40)55-58-56(44-25-17-24-43(36-44)39-20-7-2-8-21-39)60-57(59-55)62-50-31-16-14-29-47(50)53-51(62)37-48-46-28-13-15-30-49(46)61(45-26-11-4-12-27-45)54(48)52(53)41-22-9-3-10-23-41/h1-37H. The molecule has 0 bridgehead atoms. The summed E-state index contributed by atoms with van der Waals surface area (Å²) < 4.78 is 4.68. The lowest BCUT2D eigenvalue weighted by Gasteiger charge is -2.14. The van der Waals surface area contributed by atoms with Gasteiger partial charge in [-0.05, 0) is 64.2 Å². The van der Waals surface area contributed by atoms with Gasteiger partial charge < -0.3 is 4.57 Å². The number of hydrogen-bond donors (Lipinski definition) is 0. The molecule has 0 saturated heterocycles. The van der Waals surface area contributed by atoms with E-state index in [1.54, 1.807) is 0 Å². The average molecular weight is 792 g/mol. The van der Waals surface area contributed by atoms with E-state index in [9.17, 15) is 0 Å². The highest BCUT2D eigenvalue weighted by molar-refractivity contribution is 6.27. The molecule has 62 heavy (non-hydrogen) atoms. The summed E-state index contributed by atoms with van der Waals surface area (Å²) in [6, 6.07) is 79.2. The molecule has 0 amide bonds. The molecule has 0 spiro atoms. The zero-order valence-electron chi connectivity index (χ0n) is 33.6. The average Bonchev–Trinajstić information content (AvgIpc) is 3.87. The van der Waals surface area contributed by atoms with Crippen LogP contribution in [0.5, 0.6) is 0 Å². The summed E-state index contributed by atoms with van der Waals surface area (Å²) in [5.74, 6) is 1.76. The maximum Gasteiger partial charge on any atom is 0.238 e. The fraction of sp³-hybridized carbons (Fsp3) is 0. The van der Waals surface area contributed by atoms with Gasteiger partial charge >= 0.3 is 0 Å². The summed E-state index contributed by atoms with van der Waals surface area (Å²) in [6.07, 6.45) is 0. The summed E-state index contributed by atoms with van der Waals surface area (Å²) in [4.78, 5) is 16.0. The van der Waals surface area contributed by atoms with Crippen molar-refractivity contribution < 1.29 is 0 Å². The molecule has 3 heterocycles. The molecule has 0 saturated carbocycles. The molecule has 0 aliphatic heterocycles. The van der Waals surface area contributed by atoms with Crippen LogP contribution in [0.1, 0.15) is 0 Å². The molecular formula is C57H37N5. The first-order chi connectivity index (χ1) is 30.8. The van der Waals surface area contributed by atoms with Gasteiger partial charge in [0.05, 0.1) is 22.1 Å². The number of benzene rings is 9. The minimum Gasteiger partial charge on any atom is -0.309 e. The van der Waals surface area contributed by atoms with Crippen molar-refractivity contribution in [3.63, 3.8) is 0 Å². The molecule has 0 radical (unpaired) electrons. The number of aromatic nitrogens is 5. The zero-order valence-corrected chi connectivity index (χ0v) is 33.6. The van der Waals surface area contributed by atoms with E-state index in [4.69, 9.17) is 15.0 Å². The van der Waals surface area contributed by atoms with Crippen LogP contribution in [0.4, 0.5) is 0 Å². The Kier molecular flexibility index (Phi) is 8.42. The summed E-state index contributed by atoms with van der Waals surface area (Å²) >= 11 is 0. The SMILES string of the molecule is c1ccc(-c2ccc(-c3nc(-c4cccc(-c5ccccc5)c4)nc(-n4c5ccccc5c5c(-c6ccccc6)c6c(cc54)c4ccccc4n6-c4ccccc4)n3)cc2)cc1. The van der Waals surface area contributed by atoms with E-state index in [-0.39, 0.29) is 0 Å². The van der Waals surface area contributed by atoms with Gasteiger partial charge in [-0.2, -0.15) is 9.97 Å². The molecular weight excluding hydrogens is 755 g/mol. The highest BCUT2D eigenvalue weighted by Crippen LogP contribution is 2.46. The van der Waals surface area contributed by atoms with Gasteiger partial charge in [-0.25, -0.2) is 4.98 Å². The van der Waals surface area contributed by atoms with E-state index in [0.717, 1.165) is 88.4 Å². The minimum atomic E-state index is 0.554. The normalized spacial score (nSPS) is 11.5. The molecule has 5 nitrogen and oxygen atoms in total. The smallest absolute Gasteiger partial charge is 0.238 e. The third kappa shape index (κ3) is 5.90. The van der Waals surface area contributed by atoms with E-state index in [1.807, 2.05) is 12.1 Å². The van der Waals surface area contributed by atoms with Crippen molar-refractivity contribution in [3.05, 3.63) is 224 Å². The Balaban J connectivity index is 1.18. The van der Waals surface area contributed by atoms with Crippen LogP contribution >= 0.6 is 0 Å². The number of fused-ring (bicyclic) bond motifs is 6. The van der Waals surface area contributed by atoms with E-state index in [1.165, 1.54) is 5.39 Å². The van der Waals surface area contributed by atoms with Gasteiger partial charge in [-0.15, -0.1) is 0 Å². The van der Waals surface area contributed by atoms with Crippen LogP contribution in [0.2, 0.25) is 0 Å². The Morgan fingerprint density at radius 2 is 0.774 bits per heavy atom. The molecule has 0 aliphatic rings. The van der Waals surface area contributed by atoms with Crippen molar-refractivity contribution >= 4 is 43.6 Å². The maximum atomic E-state index is 5.40. The van der Waals surface area contributed by atoms with Gasteiger partial charge in [0.15, 0.2) is 11.6 Å². The molecule has 9 aromatic carbocycles. The molecule has 0 unspecified atom stereocenters. The van der Waals surface area contributed by atoms with Gasteiger partial charge in [0.1, 0.15) is 0 Å². The molecule has 12 aromatic rings. The molecule has 0 fully saturated rings. The Bertz CT molecular complexity index is 3590. The second-order valence-electron chi connectivity index (χ2n) is 15.6. The Morgan fingerprint density at radius 3 is 1.45 bits per heavy atom. The van der Waals surface area contributed by atoms with Gasteiger partial charge in [0.2, 0.25) is 5.95 Å². The molecule has 0 atom stereocenters. The zero-order chi connectivity index (χ0) is 41.0. The van der Waals surface area contributed by atoms with Crippen molar-refractivity contribution in [3.8, 4) is 67.8 Å². The second-order valence-corrected chi connectivity index (χ2v) is 15.6. The van der Waals surface area contributed by atoms with Crippen LogP contribution in [0.15, 0.2) is 224 Å². The first-order valence-corrected chi connectivity index (χ1v) is 21.0. The Labute approximate surface area is 358 Å². The molecule has 0 N–H and O–H groups in total. The number of rotatable bonds is 7. The lowest BCUT2D eigenvalue weighted by molar-refractivity contribution is 0.954. The summed E-state index contributed by atoms with van der Waals surface area (Å²) in [5, 5.41) is 4.59. The van der Waals surface area contributed by atoms with Crippen LogP contribution in [-0.2, 0) is 0 Å². The monoisotopic (exact) mass is 791 g/mol. The van der Waals surface area contributed by atoms with Gasteiger partial charge in [0.25, 0.3) is 0 Å². The molecule has 5 heteroatoms. The van der Waals surface area contributed by atoms with Crippen molar-refractivity contribution in [2.45, 2.75) is 0 Å². The number of nitrogens with zero attached hydrogens (tertiary/aromatic N) is 5. The summed E-state index contributed by atoms with van der Waals surface area (Å²) in [6.45, 7) is 0. The van der Waals surface area contributed by atoms with E-state index >= 15 is 0 Å². The fourth-order valence-corrected chi connectivity index (χ4v) is 9.15. The van der Waals surface area contributed by atoms with Crippen LogP contribution in [0.25, 0.3) is 111 Å². The highest BCUT2D eigenvalue weighted by atomic mass is 15.2. The van der Waals surface area contributed by atoms with Crippen LogP contribution in [0.3, 0.4) is 0 Å². The number of para-hydroxylation sites is 3. The molecule has 290 valence electrons. The largest absolute Gasteiger partial charge is 0.309 e. The molecule has 12 rings (SSSR count). The van der Waals surface area contributed by atoms with Crippen molar-refractivity contribution in [2.24, 2.45) is 0 Å². The van der Waals surface area contributed by atoms with Gasteiger partial charge in [-0.3, -0.25) is 4.57 Å². The lowest BCUT2D eigenvalue weighted by atomic mass is 9.96. The predicted molar refractivity (Wildman–Crippen MR) is 256 cm³/mol. The molecule has 3 aromatic heterocycles. The summed E-state index contributed by atoms with van der Waals surface area (Å²) in [7, 11) is 0. The third-order valence-electron chi connectivity index (χ3n) is 12.0. The van der Waals surface area contributed by atoms with Gasteiger partial charge in [-0.1, -0.05) is 188 Å². The van der Waals surface area contributed by atoms with Gasteiger partial charge in [0, 0.05) is 43.9 Å². The van der Waals surface area contributed by atoms with E-state index < -0.39 is 0 Å². The first-order valence-electron chi connectivity index (χ1n) is 21.0. The lowest BCUT2D eigenvalue weighted by Crippen LogP contribution is -2.06.